The molecule has 12 heteroatoms. The summed E-state index contributed by atoms with van der Waals surface area (Å²) < 4.78 is 63.2. The van der Waals surface area contributed by atoms with E-state index in [1.807, 2.05) is 0 Å². The second-order valence-corrected chi connectivity index (χ2v) is 8.45. The first-order valence-electron chi connectivity index (χ1n) is 10.7. The topological polar surface area (TPSA) is 119 Å². The standard InChI is InChI=1S/C21H36O12/c1-21(2)32-13-14(33-21)17(19(28-8)30-15(13)18(22)27-7)31-20-16(26-6)12(25-5)11(24-4)10(29-20)9-23-3/h10-17,19-20H,9H2,1-8H3/t10-,11-,12+,13-,14+,15+,16-,17-,19+,20+/m1/s1. The summed E-state index contributed by atoms with van der Waals surface area (Å²) in [4.78, 5) is 12.4. The SMILES string of the molecule is COC[C@H]1O[C@@H](O[C@H]2[C@@H](OC)O[C@H](C(=O)OC)[C@@H]3OC(C)(C)O[C@@H]32)[C@H](OC)[C@@H](OC)[C@@H]1OC. The molecule has 3 rings (SSSR count). The number of hydrogen-bond acceptors (Lipinski definition) is 12. The normalized spacial score (nSPS) is 42.7. The second kappa shape index (κ2) is 11.2. The Balaban J connectivity index is 1.89. The molecule has 33 heavy (non-hydrogen) atoms. The summed E-state index contributed by atoms with van der Waals surface area (Å²) in [5.74, 6) is -1.59. The first-order valence-corrected chi connectivity index (χ1v) is 10.7. The molecular weight excluding hydrogens is 444 g/mol. The maximum absolute atomic E-state index is 12.4. The van der Waals surface area contributed by atoms with Gasteiger partial charge in [0.1, 0.15) is 42.7 Å². The lowest BCUT2D eigenvalue weighted by atomic mass is 9.96. The van der Waals surface area contributed by atoms with Crippen molar-refractivity contribution < 1.29 is 56.9 Å². The monoisotopic (exact) mass is 480 g/mol. The minimum absolute atomic E-state index is 0.243. The van der Waals surface area contributed by atoms with Crippen LogP contribution in [0.2, 0.25) is 0 Å². The molecule has 0 amide bonds. The van der Waals surface area contributed by atoms with Crippen LogP contribution in [0.1, 0.15) is 13.8 Å². The smallest absolute Gasteiger partial charge is 0.337 e. The van der Waals surface area contributed by atoms with Gasteiger partial charge in [-0.15, -0.1) is 0 Å². The van der Waals surface area contributed by atoms with E-state index in [-0.39, 0.29) is 6.61 Å². The third-order valence-electron chi connectivity index (χ3n) is 6.03. The number of hydrogen-bond donors (Lipinski definition) is 0. The van der Waals surface area contributed by atoms with Crippen molar-refractivity contribution in [1.29, 1.82) is 0 Å². The number of esters is 1. The van der Waals surface area contributed by atoms with Crippen LogP contribution in [0.5, 0.6) is 0 Å². The molecule has 0 aliphatic carbocycles. The largest absolute Gasteiger partial charge is 0.467 e. The maximum atomic E-state index is 12.4. The molecule has 0 saturated carbocycles. The molecular formula is C21H36O12. The van der Waals surface area contributed by atoms with Gasteiger partial charge in [0.15, 0.2) is 24.5 Å². The van der Waals surface area contributed by atoms with E-state index in [1.54, 1.807) is 35.2 Å². The number of ether oxygens (including phenoxy) is 11. The zero-order chi connectivity index (χ0) is 24.3. The molecule has 0 bridgehead atoms. The van der Waals surface area contributed by atoms with E-state index >= 15 is 0 Å². The molecule has 10 atom stereocenters. The van der Waals surface area contributed by atoms with Gasteiger partial charge in [0.2, 0.25) is 0 Å². The van der Waals surface area contributed by atoms with Gasteiger partial charge in [-0.25, -0.2) is 4.79 Å². The van der Waals surface area contributed by atoms with Crippen molar-refractivity contribution in [2.75, 3.05) is 49.3 Å². The molecule has 3 fully saturated rings. The van der Waals surface area contributed by atoms with Gasteiger partial charge in [-0.05, 0) is 13.8 Å². The quantitative estimate of drug-likeness (QED) is 0.408. The fourth-order valence-electron chi connectivity index (χ4n) is 4.64. The predicted octanol–water partition coefficient (Wildman–Crippen LogP) is -0.148. The van der Waals surface area contributed by atoms with Crippen LogP contribution < -0.4 is 0 Å². The summed E-state index contributed by atoms with van der Waals surface area (Å²) in [6, 6.07) is 0. The highest BCUT2D eigenvalue weighted by Gasteiger charge is 2.60. The highest BCUT2D eigenvalue weighted by Crippen LogP contribution is 2.40. The fraction of sp³-hybridized carbons (Fsp3) is 0.952. The molecule has 0 N–H and O–H groups in total. The van der Waals surface area contributed by atoms with Crippen molar-refractivity contribution in [3.63, 3.8) is 0 Å². The summed E-state index contributed by atoms with van der Waals surface area (Å²) in [7, 11) is 8.94. The Morgan fingerprint density at radius 2 is 1.39 bits per heavy atom. The Hall–Kier alpha value is -0.930. The number of methoxy groups -OCH3 is 6. The lowest BCUT2D eigenvalue weighted by Crippen LogP contribution is -2.65. The highest BCUT2D eigenvalue weighted by atomic mass is 16.8. The van der Waals surface area contributed by atoms with Crippen molar-refractivity contribution in [1.82, 2.24) is 0 Å². The van der Waals surface area contributed by atoms with Gasteiger partial charge in [-0.2, -0.15) is 0 Å². The van der Waals surface area contributed by atoms with Gasteiger partial charge in [0.05, 0.1) is 13.7 Å². The third kappa shape index (κ3) is 5.35. The van der Waals surface area contributed by atoms with Crippen LogP contribution in [0.3, 0.4) is 0 Å². The van der Waals surface area contributed by atoms with Gasteiger partial charge in [0.25, 0.3) is 0 Å². The molecule has 0 spiro atoms. The summed E-state index contributed by atoms with van der Waals surface area (Å²) in [6.07, 6.45) is -7.40. The Labute approximate surface area is 193 Å². The average molecular weight is 481 g/mol. The van der Waals surface area contributed by atoms with Crippen molar-refractivity contribution in [2.24, 2.45) is 0 Å². The molecule has 3 saturated heterocycles. The molecule has 0 aromatic rings. The lowest BCUT2D eigenvalue weighted by Gasteiger charge is -2.47. The Kier molecular flexibility index (Phi) is 9.06. The molecule has 192 valence electrons. The summed E-state index contributed by atoms with van der Waals surface area (Å²) in [6.45, 7) is 3.73. The predicted molar refractivity (Wildman–Crippen MR) is 109 cm³/mol. The zero-order valence-electron chi connectivity index (χ0n) is 20.4. The minimum Gasteiger partial charge on any atom is -0.467 e. The number of rotatable bonds is 9. The van der Waals surface area contributed by atoms with E-state index in [1.165, 1.54) is 21.3 Å². The molecule has 0 unspecified atom stereocenters. The van der Waals surface area contributed by atoms with Crippen LogP contribution in [0.25, 0.3) is 0 Å². The molecule has 3 aliphatic rings. The van der Waals surface area contributed by atoms with E-state index in [4.69, 9.17) is 52.1 Å². The third-order valence-corrected chi connectivity index (χ3v) is 6.03. The number of fused-ring (bicyclic) bond motifs is 1. The summed E-state index contributed by atoms with van der Waals surface area (Å²) in [5.41, 5.74) is 0. The molecule has 12 nitrogen and oxygen atoms in total. The van der Waals surface area contributed by atoms with Gasteiger partial charge < -0.3 is 52.1 Å². The van der Waals surface area contributed by atoms with E-state index in [9.17, 15) is 4.79 Å². The second-order valence-electron chi connectivity index (χ2n) is 8.45. The van der Waals surface area contributed by atoms with Crippen molar-refractivity contribution in [2.45, 2.75) is 81.0 Å². The van der Waals surface area contributed by atoms with Gasteiger partial charge in [0, 0.05) is 35.5 Å². The van der Waals surface area contributed by atoms with Crippen LogP contribution in [-0.2, 0) is 56.9 Å². The van der Waals surface area contributed by atoms with Gasteiger partial charge >= 0.3 is 5.97 Å². The van der Waals surface area contributed by atoms with Crippen LogP contribution in [0.4, 0.5) is 0 Å². The van der Waals surface area contributed by atoms with E-state index in [2.05, 4.69) is 0 Å². The summed E-state index contributed by atoms with van der Waals surface area (Å²) in [5, 5.41) is 0. The van der Waals surface area contributed by atoms with Crippen LogP contribution in [0, 0.1) is 0 Å². The molecule has 0 aromatic carbocycles. The minimum atomic E-state index is -1.05. The highest BCUT2D eigenvalue weighted by molar-refractivity contribution is 5.75. The molecule has 3 heterocycles. The Morgan fingerprint density at radius 3 is 1.94 bits per heavy atom. The van der Waals surface area contributed by atoms with Crippen molar-refractivity contribution in [3.8, 4) is 0 Å². The van der Waals surface area contributed by atoms with Crippen LogP contribution in [0.15, 0.2) is 0 Å². The molecule has 3 aliphatic heterocycles. The van der Waals surface area contributed by atoms with E-state index in [0.717, 1.165) is 0 Å². The molecule has 0 aromatic heterocycles. The van der Waals surface area contributed by atoms with Gasteiger partial charge in [-0.3, -0.25) is 0 Å². The van der Waals surface area contributed by atoms with Crippen LogP contribution in [-0.4, -0.2) is 122 Å². The van der Waals surface area contributed by atoms with Gasteiger partial charge in [-0.1, -0.05) is 0 Å². The number of carbonyl (C=O) groups is 1. The molecule has 0 radical (unpaired) electrons. The van der Waals surface area contributed by atoms with E-state index in [0.29, 0.717) is 0 Å². The average Bonchev–Trinajstić information content (AvgIpc) is 3.13. The first kappa shape index (κ1) is 26.7. The van der Waals surface area contributed by atoms with Crippen LogP contribution >= 0.6 is 0 Å². The number of carbonyl (C=O) groups excluding carboxylic acids is 1. The van der Waals surface area contributed by atoms with Crippen molar-refractivity contribution in [3.05, 3.63) is 0 Å². The van der Waals surface area contributed by atoms with Crippen molar-refractivity contribution >= 4 is 5.97 Å². The Morgan fingerprint density at radius 1 is 0.758 bits per heavy atom. The van der Waals surface area contributed by atoms with E-state index < -0.39 is 73.2 Å². The Bertz CT molecular complexity index is 645. The summed E-state index contributed by atoms with van der Waals surface area (Å²) >= 11 is 0. The maximum Gasteiger partial charge on any atom is 0.337 e. The first-order chi connectivity index (χ1) is 15.7. The lowest BCUT2D eigenvalue weighted by molar-refractivity contribution is -0.359. The zero-order valence-corrected chi connectivity index (χ0v) is 20.4. The fourth-order valence-corrected chi connectivity index (χ4v) is 4.64.